The third-order valence-electron chi connectivity index (χ3n) is 0.607. The molecule has 6 nitrogen and oxygen atoms in total. The van der Waals surface area contributed by atoms with Gasteiger partial charge >= 0.3 is 0 Å². The van der Waals surface area contributed by atoms with Crippen molar-refractivity contribution in [3.63, 3.8) is 0 Å². The van der Waals surface area contributed by atoms with E-state index < -0.39 is 0 Å². The van der Waals surface area contributed by atoms with Crippen molar-refractivity contribution in [2.75, 3.05) is 40.6 Å². The fraction of sp³-hybridized carbons (Fsp3) is 1.00. The van der Waals surface area contributed by atoms with Crippen LogP contribution in [0.5, 0.6) is 0 Å². The molecular weight excluding hydrogens is 168 g/mol. The lowest BCUT2D eigenvalue weighted by Crippen LogP contribution is -2.03. The molecule has 76 valence electrons. The highest BCUT2D eigenvalue weighted by Crippen LogP contribution is 1.68. The third-order valence-corrected chi connectivity index (χ3v) is 0.607. The molecule has 0 aliphatic carbocycles. The highest BCUT2D eigenvalue weighted by molar-refractivity contribution is 4.24. The number of hydrogen-bond acceptors (Lipinski definition) is 6. The Kier molecular flexibility index (Phi) is 20.3. The first-order chi connectivity index (χ1) is 5.83. The van der Waals surface area contributed by atoms with Gasteiger partial charge in [0.2, 0.25) is 0 Å². The van der Waals surface area contributed by atoms with E-state index in [1.54, 1.807) is 0 Å². The predicted molar refractivity (Wildman–Crippen MR) is 40.1 cm³/mol. The maximum Gasteiger partial charge on any atom is 0.0744 e. The molecule has 0 aromatic rings. The molecule has 0 saturated carbocycles. The molecule has 0 aromatic heterocycles. The lowest BCUT2D eigenvalue weighted by atomic mass is 10.7. The summed E-state index contributed by atoms with van der Waals surface area (Å²) < 4.78 is 4.63. The summed E-state index contributed by atoms with van der Waals surface area (Å²) in [5.41, 5.74) is 0. The van der Waals surface area contributed by atoms with Crippen molar-refractivity contribution in [3.05, 3.63) is 0 Å². The van der Waals surface area contributed by atoms with Crippen molar-refractivity contribution in [2.24, 2.45) is 0 Å². The van der Waals surface area contributed by atoms with Crippen LogP contribution in [-0.4, -0.2) is 50.9 Å². The van der Waals surface area contributed by atoms with Crippen LogP contribution in [0, 0.1) is 0 Å². The van der Waals surface area contributed by atoms with E-state index in [4.69, 9.17) is 10.2 Å². The second-order valence-corrected chi connectivity index (χ2v) is 1.46. The topological polar surface area (TPSA) is 77.4 Å². The molecule has 6 heteroatoms. The molecule has 0 amide bonds. The summed E-state index contributed by atoms with van der Waals surface area (Å²) >= 11 is 0. The summed E-state index contributed by atoms with van der Waals surface area (Å²) in [5.74, 6) is 0. The predicted octanol–water partition coefficient (Wildman–Crippen LogP) is -0.887. The summed E-state index contributed by atoms with van der Waals surface area (Å²) in [6.07, 6.45) is 0. The van der Waals surface area contributed by atoms with E-state index in [-0.39, 0.29) is 13.2 Å². The van der Waals surface area contributed by atoms with Gasteiger partial charge in [-0.3, -0.25) is 0 Å². The van der Waals surface area contributed by atoms with Crippen LogP contribution in [0.2, 0.25) is 0 Å². The van der Waals surface area contributed by atoms with Gasteiger partial charge in [-0.05, 0) is 0 Å². The molecule has 0 radical (unpaired) electrons. The molecule has 0 unspecified atom stereocenters. The average molecular weight is 184 g/mol. The van der Waals surface area contributed by atoms with Crippen molar-refractivity contribution in [2.45, 2.75) is 0 Å². The molecule has 0 aliphatic rings. The monoisotopic (exact) mass is 184 g/mol. The summed E-state index contributed by atoms with van der Waals surface area (Å²) in [6.45, 7) is 0.696. The van der Waals surface area contributed by atoms with E-state index in [1.807, 2.05) is 0 Å². The minimum Gasteiger partial charge on any atom is -0.394 e. The van der Waals surface area contributed by atoms with Crippen LogP contribution in [0.3, 0.4) is 0 Å². The summed E-state index contributed by atoms with van der Waals surface area (Å²) in [7, 11) is 2.73. The van der Waals surface area contributed by atoms with Crippen LogP contribution in [0.4, 0.5) is 0 Å². The average Bonchev–Trinajstić information content (AvgIpc) is 2.08. The van der Waals surface area contributed by atoms with Crippen molar-refractivity contribution in [1.82, 2.24) is 0 Å². The Morgan fingerprint density at radius 2 is 1.33 bits per heavy atom. The van der Waals surface area contributed by atoms with Gasteiger partial charge in [0.1, 0.15) is 0 Å². The summed E-state index contributed by atoms with van der Waals surface area (Å²) in [6, 6.07) is 0. The van der Waals surface area contributed by atoms with Gasteiger partial charge in [-0.1, -0.05) is 5.04 Å². The standard InChI is InChI=1S/C4H10O3.C2H6O3/c5-1-3-7-4-2-6;1-3-5-4-2/h5-6H,1-4H2;1-2H3. The Balaban J connectivity index is 0. The Hall–Kier alpha value is -0.240. The second-order valence-electron chi connectivity index (χ2n) is 1.46. The first-order valence-corrected chi connectivity index (χ1v) is 3.36. The quantitative estimate of drug-likeness (QED) is 0.317. The molecule has 0 fully saturated rings. The minimum absolute atomic E-state index is 0.0278. The number of rotatable bonds is 6. The zero-order chi connectivity index (χ0) is 9.66. The van der Waals surface area contributed by atoms with Crippen molar-refractivity contribution in [3.8, 4) is 0 Å². The molecule has 0 aliphatic heterocycles. The highest BCUT2D eigenvalue weighted by atomic mass is 17.5. The van der Waals surface area contributed by atoms with Crippen molar-refractivity contribution in [1.29, 1.82) is 0 Å². The third kappa shape index (κ3) is 22.6. The van der Waals surface area contributed by atoms with Crippen molar-refractivity contribution < 1.29 is 29.8 Å². The Morgan fingerprint density at radius 3 is 1.50 bits per heavy atom. The number of hydrogen-bond donors (Lipinski definition) is 2. The SMILES string of the molecule is COOOC.OCCOCCO. The van der Waals surface area contributed by atoms with E-state index in [9.17, 15) is 0 Å². The molecular formula is C6H16O6. The molecule has 2 N–H and O–H groups in total. The van der Waals surface area contributed by atoms with Crippen LogP contribution in [0.15, 0.2) is 0 Å². The first kappa shape index (κ1) is 14.3. The van der Waals surface area contributed by atoms with Gasteiger partial charge in [0.05, 0.1) is 40.6 Å². The van der Waals surface area contributed by atoms with Gasteiger partial charge in [0.25, 0.3) is 0 Å². The molecule has 0 saturated heterocycles. The van der Waals surface area contributed by atoms with Gasteiger partial charge in [0, 0.05) is 0 Å². The number of aliphatic hydroxyl groups excluding tert-OH is 2. The largest absolute Gasteiger partial charge is 0.394 e. The Morgan fingerprint density at radius 1 is 0.917 bits per heavy atom. The van der Waals surface area contributed by atoms with E-state index in [0.29, 0.717) is 13.2 Å². The molecule has 0 rings (SSSR count). The minimum atomic E-state index is 0.0278. The van der Waals surface area contributed by atoms with Crippen LogP contribution < -0.4 is 0 Å². The van der Waals surface area contributed by atoms with Gasteiger partial charge in [-0.2, -0.15) is 0 Å². The van der Waals surface area contributed by atoms with E-state index in [1.165, 1.54) is 14.2 Å². The Bertz CT molecular complexity index is 54.0. The maximum atomic E-state index is 8.09. The van der Waals surface area contributed by atoms with Crippen LogP contribution in [0.25, 0.3) is 0 Å². The number of aliphatic hydroxyl groups is 2. The van der Waals surface area contributed by atoms with Gasteiger partial charge in [-0.15, -0.1) is 0 Å². The van der Waals surface area contributed by atoms with E-state index in [0.717, 1.165) is 0 Å². The molecule has 0 heterocycles. The summed E-state index contributed by atoms with van der Waals surface area (Å²) in [4.78, 5) is 7.94. The molecule has 0 bridgehead atoms. The zero-order valence-corrected chi connectivity index (χ0v) is 7.36. The van der Waals surface area contributed by atoms with Gasteiger partial charge in [-0.25, -0.2) is 9.78 Å². The van der Waals surface area contributed by atoms with E-state index in [2.05, 4.69) is 19.6 Å². The van der Waals surface area contributed by atoms with Crippen molar-refractivity contribution >= 4 is 0 Å². The maximum absolute atomic E-state index is 8.09. The van der Waals surface area contributed by atoms with Gasteiger partial charge < -0.3 is 14.9 Å². The number of ether oxygens (including phenoxy) is 1. The smallest absolute Gasteiger partial charge is 0.0744 e. The molecule has 0 aromatic carbocycles. The van der Waals surface area contributed by atoms with Gasteiger partial charge in [0.15, 0.2) is 0 Å². The highest BCUT2D eigenvalue weighted by Gasteiger charge is 1.79. The second kappa shape index (κ2) is 17.0. The zero-order valence-electron chi connectivity index (χ0n) is 7.36. The lowest BCUT2D eigenvalue weighted by molar-refractivity contribution is -0.491. The lowest BCUT2D eigenvalue weighted by Gasteiger charge is -1.94. The molecule has 0 atom stereocenters. The van der Waals surface area contributed by atoms with Crippen LogP contribution >= 0.6 is 0 Å². The van der Waals surface area contributed by atoms with Crippen LogP contribution in [-0.2, 0) is 19.6 Å². The fourth-order valence-electron chi connectivity index (χ4n) is 0.299. The van der Waals surface area contributed by atoms with E-state index >= 15 is 0 Å². The Labute approximate surface area is 71.5 Å². The molecule has 12 heavy (non-hydrogen) atoms. The first-order valence-electron chi connectivity index (χ1n) is 3.36. The normalized spacial score (nSPS) is 9.00. The fourth-order valence-corrected chi connectivity index (χ4v) is 0.299. The summed E-state index contributed by atoms with van der Waals surface area (Å²) in [5, 5.41) is 20.0. The molecule has 0 spiro atoms. The van der Waals surface area contributed by atoms with Crippen LogP contribution in [0.1, 0.15) is 0 Å².